The molecule has 1 rings (SSSR count). The highest BCUT2D eigenvalue weighted by Crippen LogP contribution is 2.35. The molecule has 0 unspecified atom stereocenters. The molecule has 0 fully saturated rings. The van der Waals surface area contributed by atoms with Crippen LogP contribution in [0.2, 0.25) is 0 Å². The molecule has 0 bridgehead atoms. The number of Topliss-reactive ketones (excluding diaryl/α,β-unsaturated/α-hetero) is 1. The molecule has 0 aliphatic heterocycles. The number of hydrogen-bond acceptors (Lipinski definition) is 4. The number of ether oxygens (including phenoxy) is 1. The second-order valence-corrected chi connectivity index (χ2v) is 3.04. The van der Waals surface area contributed by atoms with Crippen molar-refractivity contribution in [3.05, 3.63) is 23.3 Å². The van der Waals surface area contributed by atoms with Crippen LogP contribution in [0.1, 0.15) is 22.3 Å². The van der Waals surface area contributed by atoms with Crippen molar-refractivity contribution >= 4 is 5.78 Å². The van der Waals surface area contributed by atoms with Gasteiger partial charge in [0.1, 0.15) is 11.5 Å². The number of phenols is 1. The maximum Gasteiger partial charge on any atom is 0.267 e. The van der Waals surface area contributed by atoms with Crippen molar-refractivity contribution in [2.24, 2.45) is 5.73 Å². The number of nitrogens with two attached hydrogens (primary N) is 1. The number of ketones is 1. The predicted molar refractivity (Wildman–Crippen MR) is 53.0 cm³/mol. The molecule has 1 aromatic carbocycles. The zero-order valence-corrected chi connectivity index (χ0v) is 8.54. The molecule has 6 heteroatoms. The number of carbonyl (C=O) groups is 1. The van der Waals surface area contributed by atoms with Gasteiger partial charge in [0.05, 0.1) is 24.8 Å². The number of hydrogen-bond donors (Lipinski definition) is 2. The van der Waals surface area contributed by atoms with E-state index in [0.717, 1.165) is 6.07 Å². The topological polar surface area (TPSA) is 72.5 Å². The third-order valence-electron chi connectivity index (χ3n) is 2.07. The van der Waals surface area contributed by atoms with E-state index in [0.29, 0.717) is 0 Å². The van der Waals surface area contributed by atoms with Gasteiger partial charge in [-0.2, -0.15) is 0 Å². The summed E-state index contributed by atoms with van der Waals surface area (Å²) in [6.45, 7) is -0.372. The van der Waals surface area contributed by atoms with Crippen LogP contribution in [0.25, 0.3) is 0 Å². The molecular formula is C10H11F2NO3. The van der Waals surface area contributed by atoms with E-state index in [1.807, 2.05) is 0 Å². The van der Waals surface area contributed by atoms with Gasteiger partial charge < -0.3 is 15.6 Å². The Kier molecular flexibility index (Phi) is 3.78. The van der Waals surface area contributed by atoms with Crippen LogP contribution in [0.15, 0.2) is 12.1 Å². The summed E-state index contributed by atoms with van der Waals surface area (Å²) < 4.78 is 29.8. The summed E-state index contributed by atoms with van der Waals surface area (Å²) in [5.41, 5.74) is 4.21. The lowest BCUT2D eigenvalue weighted by Crippen LogP contribution is -2.14. The molecule has 0 saturated heterocycles. The highest BCUT2D eigenvalue weighted by molar-refractivity contribution is 6.00. The standard InChI is InChI=1S/C10H11F2NO3/c1-16-5-2-6(8(14)4-13)9(15)7(3-5)10(11)12/h2-3,10,15H,4,13H2,1H3. The normalized spacial score (nSPS) is 10.6. The monoisotopic (exact) mass is 231 g/mol. The Bertz CT molecular complexity index is 407. The zero-order valence-electron chi connectivity index (χ0n) is 8.54. The second kappa shape index (κ2) is 4.89. The van der Waals surface area contributed by atoms with Gasteiger partial charge in [-0.25, -0.2) is 8.78 Å². The molecule has 0 aromatic heterocycles. The Balaban J connectivity index is 3.37. The zero-order chi connectivity index (χ0) is 12.3. The van der Waals surface area contributed by atoms with Crippen LogP contribution < -0.4 is 10.5 Å². The summed E-state index contributed by atoms with van der Waals surface area (Å²) in [7, 11) is 1.28. The van der Waals surface area contributed by atoms with Crippen molar-refractivity contribution in [3.8, 4) is 11.5 Å². The molecule has 16 heavy (non-hydrogen) atoms. The quantitative estimate of drug-likeness (QED) is 0.770. The molecule has 3 N–H and O–H groups in total. The van der Waals surface area contributed by atoms with Crippen LogP contribution in [-0.4, -0.2) is 24.5 Å². The molecule has 0 aliphatic rings. The van der Waals surface area contributed by atoms with E-state index < -0.39 is 23.5 Å². The number of halogens is 2. The van der Waals surface area contributed by atoms with Gasteiger partial charge in [0.25, 0.3) is 6.43 Å². The number of methoxy groups -OCH3 is 1. The lowest BCUT2D eigenvalue weighted by Gasteiger charge is -2.10. The van der Waals surface area contributed by atoms with Crippen molar-refractivity contribution < 1.29 is 23.4 Å². The summed E-state index contributed by atoms with van der Waals surface area (Å²) in [4.78, 5) is 11.3. The number of alkyl halides is 2. The van der Waals surface area contributed by atoms with Gasteiger partial charge in [-0.15, -0.1) is 0 Å². The van der Waals surface area contributed by atoms with E-state index in [-0.39, 0.29) is 17.9 Å². The Hall–Kier alpha value is -1.69. The molecule has 0 heterocycles. The average Bonchev–Trinajstić information content (AvgIpc) is 2.28. The van der Waals surface area contributed by atoms with Crippen LogP contribution in [0.4, 0.5) is 8.78 Å². The number of carbonyl (C=O) groups excluding carboxylic acids is 1. The lowest BCUT2D eigenvalue weighted by molar-refractivity contribution is 0.0997. The van der Waals surface area contributed by atoms with E-state index in [4.69, 9.17) is 10.5 Å². The van der Waals surface area contributed by atoms with E-state index in [1.165, 1.54) is 13.2 Å². The third kappa shape index (κ3) is 2.27. The molecule has 4 nitrogen and oxygen atoms in total. The van der Waals surface area contributed by atoms with Crippen molar-refractivity contribution in [2.75, 3.05) is 13.7 Å². The van der Waals surface area contributed by atoms with Crippen LogP contribution in [0.3, 0.4) is 0 Å². The van der Waals surface area contributed by atoms with E-state index in [9.17, 15) is 18.7 Å². The molecule has 0 atom stereocenters. The largest absolute Gasteiger partial charge is 0.507 e. The first-order valence-corrected chi connectivity index (χ1v) is 4.43. The Morgan fingerprint density at radius 1 is 1.56 bits per heavy atom. The van der Waals surface area contributed by atoms with Gasteiger partial charge in [-0.05, 0) is 12.1 Å². The van der Waals surface area contributed by atoms with Gasteiger partial charge >= 0.3 is 0 Å². The smallest absolute Gasteiger partial charge is 0.267 e. The van der Waals surface area contributed by atoms with E-state index in [1.54, 1.807) is 0 Å². The minimum absolute atomic E-state index is 0.0740. The summed E-state index contributed by atoms with van der Waals surface area (Å²) in [5.74, 6) is -1.30. The van der Waals surface area contributed by atoms with Gasteiger partial charge in [-0.3, -0.25) is 4.79 Å². The number of benzene rings is 1. The van der Waals surface area contributed by atoms with Gasteiger partial charge in [0.2, 0.25) is 0 Å². The first-order chi connectivity index (χ1) is 7.51. The maximum absolute atomic E-state index is 12.5. The SMILES string of the molecule is COc1cc(C(=O)CN)c(O)c(C(F)F)c1. The fourth-order valence-corrected chi connectivity index (χ4v) is 1.24. The molecule has 0 amide bonds. The summed E-state index contributed by atoms with van der Waals surface area (Å²) in [6, 6.07) is 2.16. The molecule has 0 saturated carbocycles. The highest BCUT2D eigenvalue weighted by atomic mass is 19.3. The fourth-order valence-electron chi connectivity index (χ4n) is 1.24. The number of phenolic OH excluding ortho intramolecular Hbond substituents is 1. The minimum atomic E-state index is -2.89. The number of aromatic hydroxyl groups is 1. The molecule has 88 valence electrons. The van der Waals surface area contributed by atoms with Gasteiger partial charge in [0, 0.05) is 0 Å². The Labute approximate surface area is 90.6 Å². The molecule has 0 aliphatic carbocycles. The van der Waals surface area contributed by atoms with Crippen LogP contribution in [0.5, 0.6) is 11.5 Å². The van der Waals surface area contributed by atoms with Crippen LogP contribution >= 0.6 is 0 Å². The van der Waals surface area contributed by atoms with Gasteiger partial charge in [0.15, 0.2) is 5.78 Å². The van der Waals surface area contributed by atoms with E-state index >= 15 is 0 Å². The summed E-state index contributed by atoms with van der Waals surface area (Å²) >= 11 is 0. The van der Waals surface area contributed by atoms with Crippen molar-refractivity contribution in [3.63, 3.8) is 0 Å². The van der Waals surface area contributed by atoms with E-state index in [2.05, 4.69) is 0 Å². The van der Waals surface area contributed by atoms with Crippen LogP contribution in [-0.2, 0) is 0 Å². The van der Waals surface area contributed by atoms with Gasteiger partial charge in [-0.1, -0.05) is 0 Å². The Morgan fingerprint density at radius 2 is 2.19 bits per heavy atom. The van der Waals surface area contributed by atoms with Crippen molar-refractivity contribution in [1.82, 2.24) is 0 Å². The molecular weight excluding hydrogens is 220 g/mol. The molecule has 0 spiro atoms. The summed E-state index contributed by atoms with van der Waals surface area (Å²) in [5, 5.41) is 9.47. The second-order valence-electron chi connectivity index (χ2n) is 3.04. The fraction of sp³-hybridized carbons (Fsp3) is 0.300. The number of rotatable bonds is 4. The van der Waals surface area contributed by atoms with Crippen molar-refractivity contribution in [2.45, 2.75) is 6.43 Å². The Morgan fingerprint density at radius 3 is 2.62 bits per heavy atom. The highest BCUT2D eigenvalue weighted by Gasteiger charge is 2.21. The average molecular weight is 231 g/mol. The first-order valence-electron chi connectivity index (χ1n) is 4.43. The predicted octanol–water partition coefficient (Wildman–Crippen LogP) is 1.48. The molecule has 1 aromatic rings. The third-order valence-corrected chi connectivity index (χ3v) is 2.07. The minimum Gasteiger partial charge on any atom is -0.507 e. The lowest BCUT2D eigenvalue weighted by atomic mass is 10.0. The molecule has 0 radical (unpaired) electrons. The van der Waals surface area contributed by atoms with Crippen molar-refractivity contribution in [1.29, 1.82) is 0 Å². The van der Waals surface area contributed by atoms with Crippen LogP contribution in [0, 0.1) is 0 Å². The summed E-state index contributed by atoms with van der Waals surface area (Å²) in [6.07, 6.45) is -2.89. The maximum atomic E-state index is 12.5. The first kappa shape index (κ1) is 12.4.